The Balaban J connectivity index is 2.49. The molecule has 1 unspecified atom stereocenters. The number of aliphatic carboxylic acids is 1. The fourth-order valence-electron chi connectivity index (χ4n) is 2.53. The van der Waals surface area contributed by atoms with Gasteiger partial charge in [0.15, 0.2) is 0 Å². The van der Waals surface area contributed by atoms with E-state index in [0.29, 0.717) is 12.0 Å². The van der Waals surface area contributed by atoms with Gasteiger partial charge in [-0.05, 0) is 36.1 Å². The van der Waals surface area contributed by atoms with Gasteiger partial charge >= 0.3 is 5.97 Å². The van der Waals surface area contributed by atoms with Gasteiger partial charge in [0.2, 0.25) is 0 Å². The first-order chi connectivity index (χ1) is 9.99. The highest BCUT2D eigenvalue weighted by Gasteiger charge is 2.39. The summed E-state index contributed by atoms with van der Waals surface area (Å²) in [6.45, 7) is 1.83. The Kier molecular flexibility index (Phi) is 4.63. The van der Waals surface area contributed by atoms with E-state index in [1.165, 1.54) is 12.1 Å². The molecule has 2 nitrogen and oxygen atoms in total. The van der Waals surface area contributed by atoms with Crippen molar-refractivity contribution in [3.05, 3.63) is 70.5 Å². The van der Waals surface area contributed by atoms with Crippen molar-refractivity contribution in [1.29, 1.82) is 0 Å². The minimum absolute atomic E-state index is 0.224. The molecule has 0 spiro atoms. The molecular weight excluding hydrogens is 291 g/mol. The number of benzene rings is 2. The second-order valence-corrected chi connectivity index (χ2v) is 5.43. The average molecular weight is 307 g/mol. The fraction of sp³-hybridized carbons (Fsp3) is 0.235. The van der Waals surface area contributed by atoms with E-state index in [-0.39, 0.29) is 11.4 Å². The van der Waals surface area contributed by atoms with Crippen LogP contribution in [0.25, 0.3) is 0 Å². The van der Waals surface area contributed by atoms with Crippen molar-refractivity contribution in [2.24, 2.45) is 0 Å². The van der Waals surface area contributed by atoms with E-state index in [1.54, 1.807) is 18.2 Å². The van der Waals surface area contributed by atoms with Crippen LogP contribution in [0.15, 0.2) is 48.5 Å². The van der Waals surface area contributed by atoms with Crippen LogP contribution < -0.4 is 0 Å². The van der Waals surface area contributed by atoms with Gasteiger partial charge in [-0.15, -0.1) is 0 Å². The van der Waals surface area contributed by atoms with Gasteiger partial charge in [-0.3, -0.25) is 4.79 Å². The largest absolute Gasteiger partial charge is 0.481 e. The lowest BCUT2D eigenvalue weighted by atomic mass is 9.73. The van der Waals surface area contributed by atoms with Crippen LogP contribution in [0, 0.1) is 5.82 Å². The molecular formula is C17H16ClFO2. The highest BCUT2D eigenvalue weighted by molar-refractivity contribution is 6.31. The summed E-state index contributed by atoms with van der Waals surface area (Å²) in [5.41, 5.74) is 0.287. The van der Waals surface area contributed by atoms with Crippen LogP contribution in [0.3, 0.4) is 0 Å². The predicted octanol–water partition coefficient (Wildman–Crippen LogP) is 4.45. The fourth-order valence-corrected chi connectivity index (χ4v) is 2.76. The second kappa shape index (κ2) is 6.27. The lowest BCUT2D eigenvalue weighted by molar-refractivity contribution is -0.144. The van der Waals surface area contributed by atoms with Crippen molar-refractivity contribution in [2.45, 2.75) is 25.2 Å². The predicted molar refractivity (Wildman–Crippen MR) is 81.2 cm³/mol. The lowest BCUT2D eigenvalue weighted by Gasteiger charge is -2.29. The zero-order valence-corrected chi connectivity index (χ0v) is 12.4. The molecule has 0 amide bonds. The third-order valence-corrected chi connectivity index (χ3v) is 4.20. The van der Waals surface area contributed by atoms with Gasteiger partial charge in [0.1, 0.15) is 5.82 Å². The van der Waals surface area contributed by atoms with Crippen LogP contribution in [-0.4, -0.2) is 11.1 Å². The molecule has 4 heteroatoms. The van der Waals surface area contributed by atoms with Crippen molar-refractivity contribution >= 4 is 17.6 Å². The molecule has 110 valence electrons. The summed E-state index contributed by atoms with van der Waals surface area (Å²) in [4.78, 5) is 11.9. The summed E-state index contributed by atoms with van der Waals surface area (Å²) in [6.07, 6.45) is 0.641. The van der Waals surface area contributed by atoms with E-state index in [9.17, 15) is 14.3 Å². The van der Waals surface area contributed by atoms with Gasteiger partial charge in [-0.2, -0.15) is 0 Å². The average Bonchev–Trinajstić information content (AvgIpc) is 2.47. The number of carbonyl (C=O) groups is 1. The molecule has 21 heavy (non-hydrogen) atoms. The van der Waals surface area contributed by atoms with Crippen molar-refractivity contribution in [3.8, 4) is 0 Å². The Bertz CT molecular complexity index is 642. The molecule has 1 atom stereocenters. The van der Waals surface area contributed by atoms with Crippen LogP contribution in [0.2, 0.25) is 5.02 Å². The van der Waals surface area contributed by atoms with E-state index < -0.39 is 17.2 Å². The molecule has 1 N–H and O–H groups in total. The third kappa shape index (κ3) is 3.08. The van der Waals surface area contributed by atoms with Gasteiger partial charge in [0.25, 0.3) is 0 Å². The summed E-state index contributed by atoms with van der Waals surface area (Å²) in [7, 11) is 0. The summed E-state index contributed by atoms with van der Waals surface area (Å²) >= 11 is 6.05. The minimum Gasteiger partial charge on any atom is -0.481 e. The molecule has 0 fully saturated rings. The molecule has 0 aliphatic heterocycles. The normalized spacial score (nSPS) is 13.7. The molecule has 0 aromatic heterocycles. The molecule has 0 aliphatic rings. The Labute approximate surface area is 128 Å². The first-order valence-electron chi connectivity index (χ1n) is 6.72. The number of halogens is 2. The van der Waals surface area contributed by atoms with Crippen molar-refractivity contribution in [2.75, 3.05) is 0 Å². The summed E-state index contributed by atoms with van der Waals surface area (Å²) in [5.74, 6) is -1.34. The molecule has 0 bridgehead atoms. The van der Waals surface area contributed by atoms with Crippen LogP contribution >= 0.6 is 11.6 Å². The first-order valence-corrected chi connectivity index (χ1v) is 7.10. The Morgan fingerprint density at radius 2 is 1.90 bits per heavy atom. The van der Waals surface area contributed by atoms with Crippen LogP contribution in [0.5, 0.6) is 0 Å². The van der Waals surface area contributed by atoms with E-state index in [2.05, 4.69) is 0 Å². The van der Waals surface area contributed by atoms with Gasteiger partial charge in [-0.25, -0.2) is 4.39 Å². The Morgan fingerprint density at radius 3 is 2.43 bits per heavy atom. The molecule has 0 aliphatic carbocycles. The van der Waals surface area contributed by atoms with Crippen molar-refractivity contribution < 1.29 is 14.3 Å². The number of carboxylic acid groups (broad SMARTS) is 1. The van der Waals surface area contributed by atoms with Crippen molar-refractivity contribution in [1.82, 2.24) is 0 Å². The minimum atomic E-state index is -1.07. The lowest BCUT2D eigenvalue weighted by Crippen LogP contribution is -2.37. The van der Waals surface area contributed by atoms with Crippen molar-refractivity contribution in [3.63, 3.8) is 0 Å². The van der Waals surface area contributed by atoms with Gasteiger partial charge < -0.3 is 5.11 Å². The first kappa shape index (κ1) is 15.5. The van der Waals surface area contributed by atoms with E-state index in [4.69, 9.17) is 11.6 Å². The zero-order valence-electron chi connectivity index (χ0n) is 11.6. The summed E-state index contributed by atoms with van der Waals surface area (Å²) < 4.78 is 13.1. The van der Waals surface area contributed by atoms with Gasteiger partial charge in [-0.1, -0.05) is 54.9 Å². The molecule has 0 heterocycles. The number of carboxylic acids is 1. The van der Waals surface area contributed by atoms with E-state index in [1.807, 2.05) is 25.1 Å². The molecule has 2 rings (SSSR count). The molecule has 2 aromatic rings. The quantitative estimate of drug-likeness (QED) is 0.886. The van der Waals surface area contributed by atoms with Gasteiger partial charge in [0.05, 0.1) is 5.41 Å². The topological polar surface area (TPSA) is 37.3 Å². The molecule has 0 saturated heterocycles. The Hall–Kier alpha value is -1.87. The van der Waals surface area contributed by atoms with Crippen LogP contribution in [-0.2, 0) is 16.6 Å². The monoisotopic (exact) mass is 306 g/mol. The van der Waals surface area contributed by atoms with E-state index >= 15 is 0 Å². The molecule has 0 radical (unpaired) electrons. The molecule has 0 saturated carbocycles. The summed E-state index contributed by atoms with van der Waals surface area (Å²) in [5, 5.41) is 10.0. The maximum absolute atomic E-state index is 13.1. The summed E-state index contributed by atoms with van der Waals surface area (Å²) in [6, 6.07) is 13.1. The third-order valence-electron chi connectivity index (χ3n) is 3.85. The highest BCUT2D eigenvalue weighted by atomic mass is 35.5. The number of hydrogen-bond donors (Lipinski definition) is 1. The van der Waals surface area contributed by atoms with Crippen LogP contribution in [0.4, 0.5) is 4.39 Å². The van der Waals surface area contributed by atoms with Crippen LogP contribution in [0.1, 0.15) is 24.5 Å². The second-order valence-electron chi connectivity index (χ2n) is 5.02. The number of rotatable bonds is 5. The SMILES string of the molecule is CCC(Cc1ccc(F)cc1Cl)(C(=O)O)c1ccccc1. The zero-order chi connectivity index (χ0) is 15.5. The highest BCUT2D eigenvalue weighted by Crippen LogP contribution is 2.34. The van der Waals surface area contributed by atoms with E-state index in [0.717, 1.165) is 5.56 Å². The maximum Gasteiger partial charge on any atom is 0.314 e. The molecule has 2 aromatic carbocycles. The smallest absolute Gasteiger partial charge is 0.314 e. The Morgan fingerprint density at radius 1 is 1.24 bits per heavy atom. The van der Waals surface area contributed by atoms with Gasteiger partial charge in [0, 0.05) is 5.02 Å². The number of hydrogen-bond acceptors (Lipinski definition) is 1. The maximum atomic E-state index is 13.1. The standard InChI is InChI=1S/C17H16ClFO2/c1-2-17(16(20)21,13-6-4-3-5-7-13)11-12-8-9-14(19)10-15(12)18/h3-10H,2,11H2,1H3,(H,20,21).